The van der Waals surface area contributed by atoms with Crippen molar-refractivity contribution in [2.45, 2.75) is 174 Å². The number of aromatic nitrogens is 1. The Labute approximate surface area is 374 Å². The highest BCUT2D eigenvalue weighted by Gasteiger charge is 2.70. The number of rotatable bonds is 12. The first-order valence-electron chi connectivity index (χ1n) is 24.6. The number of ether oxygens (including phenoxy) is 1. The monoisotopic (exact) mass is 873 g/mol. The molecule has 0 aromatic carbocycles. The molecule has 0 radical (unpaired) electrons. The summed E-state index contributed by atoms with van der Waals surface area (Å²) < 4.78 is 30.6. The number of sulfone groups is 1. The first kappa shape index (κ1) is 46.1. The van der Waals surface area contributed by atoms with Gasteiger partial charge < -0.3 is 20.3 Å². The molecule has 7 aliphatic carbocycles. The SMILES string of the molecule is C=C(C)[C@@H]1CC[C@]2(NCCC3(O)CCC(S(C)(=O)=O)CC3)CC[C@]3(C)[C@H](CC[C@@H]4[C@@]5(C)CC=C(C6=CC(CC)C(COc7ccccn7)(C(=O)O)CC6)C(C)(C)[C@@H]5CC[C@]43C)[C@@H]12. The van der Waals surface area contributed by atoms with E-state index in [1.54, 1.807) is 12.3 Å². The van der Waals surface area contributed by atoms with Gasteiger partial charge >= 0.3 is 5.97 Å². The highest BCUT2D eigenvalue weighted by atomic mass is 32.2. The quantitative estimate of drug-likeness (QED) is 0.177. The largest absolute Gasteiger partial charge is 0.481 e. The summed E-state index contributed by atoms with van der Waals surface area (Å²) in [6.07, 6.45) is 23.8. The Morgan fingerprint density at radius 1 is 0.935 bits per heavy atom. The third kappa shape index (κ3) is 7.31. The summed E-state index contributed by atoms with van der Waals surface area (Å²) in [5.74, 6) is 2.39. The molecule has 344 valence electrons. The second-order valence-corrected chi connectivity index (χ2v) is 25.8. The van der Waals surface area contributed by atoms with Crippen LogP contribution >= 0.6 is 0 Å². The number of hydrogen-bond donors (Lipinski definition) is 3. The molecule has 0 bridgehead atoms. The number of aliphatic carboxylic acids is 1. The lowest BCUT2D eigenvalue weighted by Crippen LogP contribution is -2.68. The van der Waals surface area contributed by atoms with Gasteiger partial charge in [0.25, 0.3) is 0 Å². The first-order chi connectivity index (χ1) is 29.1. The van der Waals surface area contributed by atoms with Crippen molar-refractivity contribution < 1.29 is 28.2 Å². The Morgan fingerprint density at radius 2 is 1.68 bits per heavy atom. The van der Waals surface area contributed by atoms with Gasteiger partial charge in [-0.05, 0) is 197 Å². The van der Waals surface area contributed by atoms with Crippen molar-refractivity contribution in [3.8, 4) is 5.88 Å². The number of carboxylic acid groups (broad SMARTS) is 1. The van der Waals surface area contributed by atoms with Gasteiger partial charge in [0.2, 0.25) is 5.88 Å². The average molecular weight is 873 g/mol. The lowest BCUT2D eigenvalue weighted by atomic mass is 9.33. The number of carboxylic acids is 1. The van der Waals surface area contributed by atoms with Crippen LogP contribution in [-0.2, 0) is 14.6 Å². The molecule has 3 N–H and O–H groups in total. The number of fused-ring (bicyclic) bond motifs is 7. The molecule has 5 saturated carbocycles. The second kappa shape index (κ2) is 16.1. The van der Waals surface area contributed by atoms with E-state index in [-0.39, 0.29) is 45.0 Å². The van der Waals surface area contributed by atoms with Crippen molar-refractivity contribution in [2.75, 3.05) is 19.4 Å². The predicted octanol–water partition coefficient (Wildman–Crippen LogP) is 10.9. The van der Waals surface area contributed by atoms with Gasteiger partial charge in [-0.25, -0.2) is 13.4 Å². The molecule has 62 heavy (non-hydrogen) atoms. The van der Waals surface area contributed by atoms with Gasteiger partial charge in [0.1, 0.15) is 21.9 Å². The Kier molecular flexibility index (Phi) is 12.0. The van der Waals surface area contributed by atoms with Crippen LogP contribution in [0.15, 0.2) is 59.8 Å². The van der Waals surface area contributed by atoms with Crippen LogP contribution in [-0.4, -0.2) is 65.4 Å². The standard InChI is InChI=1S/C53H80N2O6S/c1-10-37-33-36(16-26-52(37,46(56)57)34-61-44-13-11-12-31-54-44)40-20-22-48(6)42(47(40,4)5)21-23-50(8)43(48)15-14-41-45-39(35(2)3)19-27-53(45,29-28-49(41,50)7)55-32-30-51(58)24-17-38(18-25-51)62(9,59)60/h11-13,20,31,33,37-39,41-43,45,55,58H,2,10,14-19,21-30,32,34H2,1,3-9H3,(H,56,57)/t37?,38?,39-,41+,42-,43+,45+,48-,49+,50+,51?,52?,53-/m0/s1. The topological polar surface area (TPSA) is 126 Å². The molecule has 2 unspecified atom stereocenters. The Balaban J connectivity index is 1.02. The third-order valence-electron chi connectivity index (χ3n) is 20.5. The first-order valence-corrected chi connectivity index (χ1v) is 26.6. The van der Waals surface area contributed by atoms with Crippen molar-refractivity contribution in [2.24, 2.45) is 62.6 Å². The summed E-state index contributed by atoms with van der Waals surface area (Å²) in [7, 11) is -3.07. The molecular formula is C53H80N2O6S. The van der Waals surface area contributed by atoms with E-state index in [1.165, 1.54) is 67.9 Å². The van der Waals surface area contributed by atoms with E-state index in [1.807, 2.05) is 12.1 Å². The maximum Gasteiger partial charge on any atom is 0.313 e. The molecule has 0 amide bonds. The minimum Gasteiger partial charge on any atom is -0.481 e. The lowest BCUT2D eigenvalue weighted by molar-refractivity contribution is -0.221. The van der Waals surface area contributed by atoms with E-state index in [0.717, 1.165) is 32.2 Å². The van der Waals surface area contributed by atoms with Crippen LogP contribution in [0, 0.1) is 62.6 Å². The highest BCUT2D eigenvalue weighted by molar-refractivity contribution is 7.91. The zero-order chi connectivity index (χ0) is 44.7. The van der Waals surface area contributed by atoms with Crippen LogP contribution in [0.1, 0.15) is 158 Å². The van der Waals surface area contributed by atoms with E-state index in [9.17, 15) is 23.4 Å². The van der Waals surface area contributed by atoms with Crippen LogP contribution in [0.3, 0.4) is 0 Å². The molecule has 8 nitrogen and oxygen atoms in total. The van der Waals surface area contributed by atoms with E-state index < -0.39 is 26.8 Å². The minimum atomic E-state index is -3.07. The fourth-order valence-electron chi connectivity index (χ4n) is 16.9. The number of pyridine rings is 1. The maximum atomic E-state index is 13.1. The van der Waals surface area contributed by atoms with Crippen LogP contribution in [0.5, 0.6) is 5.88 Å². The van der Waals surface area contributed by atoms with Crippen molar-refractivity contribution in [1.29, 1.82) is 0 Å². The van der Waals surface area contributed by atoms with Gasteiger partial charge in [-0.1, -0.05) is 71.9 Å². The average Bonchev–Trinajstić information content (AvgIpc) is 3.60. The molecule has 11 atom stereocenters. The van der Waals surface area contributed by atoms with Crippen molar-refractivity contribution >= 4 is 15.8 Å². The van der Waals surface area contributed by atoms with E-state index in [0.29, 0.717) is 74.0 Å². The summed E-state index contributed by atoms with van der Waals surface area (Å²) >= 11 is 0. The summed E-state index contributed by atoms with van der Waals surface area (Å²) in [5, 5.41) is 26.3. The smallest absolute Gasteiger partial charge is 0.313 e. The van der Waals surface area contributed by atoms with E-state index >= 15 is 0 Å². The number of carbonyl (C=O) groups is 1. The highest BCUT2D eigenvalue weighted by Crippen LogP contribution is 2.76. The molecule has 0 aliphatic heterocycles. The molecule has 7 aliphatic rings. The molecule has 1 aromatic rings. The maximum absolute atomic E-state index is 13.1. The molecular weight excluding hydrogens is 793 g/mol. The normalized spacial score (nSPS) is 43.8. The number of aliphatic hydroxyl groups is 1. The Bertz CT molecular complexity index is 2050. The van der Waals surface area contributed by atoms with Gasteiger partial charge in [-0.15, -0.1) is 0 Å². The predicted molar refractivity (Wildman–Crippen MR) is 248 cm³/mol. The van der Waals surface area contributed by atoms with Gasteiger partial charge in [0, 0.05) is 24.1 Å². The number of hydrogen-bond acceptors (Lipinski definition) is 7. The van der Waals surface area contributed by atoms with Crippen molar-refractivity contribution in [3.05, 3.63) is 59.8 Å². The van der Waals surface area contributed by atoms with Crippen LogP contribution in [0.2, 0.25) is 0 Å². The third-order valence-corrected chi connectivity index (χ3v) is 22.1. The molecule has 1 aromatic heterocycles. The molecule has 5 fully saturated rings. The minimum absolute atomic E-state index is 0.0276. The van der Waals surface area contributed by atoms with Gasteiger partial charge in [-0.3, -0.25) is 4.79 Å². The second-order valence-electron chi connectivity index (χ2n) is 23.4. The summed E-state index contributed by atoms with van der Waals surface area (Å²) in [4.78, 5) is 17.4. The fourth-order valence-corrected chi connectivity index (χ4v) is 18.0. The van der Waals surface area contributed by atoms with Gasteiger partial charge in [-0.2, -0.15) is 0 Å². The fraction of sp³-hybridized carbons (Fsp3) is 0.774. The molecule has 1 heterocycles. The van der Waals surface area contributed by atoms with Crippen molar-refractivity contribution in [3.63, 3.8) is 0 Å². The lowest BCUT2D eigenvalue weighted by Gasteiger charge is -2.72. The Morgan fingerprint density at radius 3 is 2.32 bits per heavy atom. The number of nitrogens with zero attached hydrogens (tertiary/aromatic N) is 1. The van der Waals surface area contributed by atoms with Crippen molar-refractivity contribution in [1.82, 2.24) is 10.3 Å². The van der Waals surface area contributed by atoms with Crippen LogP contribution < -0.4 is 10.1 Å². The number of nitrogens with one attached hydrogen (secondary N) is 1. The van der Waals surface area contributed by atoms with Gasteiger partial charge in [0.05, 0.1) is 10.9 Å². The summed E-state index contributed by atoms with van der Waals surface area (Å²) in [6, 6.07) is 5.52. The molecule has 0 spiro atoms. The summed E-state index contributed by atoms with van der Waals surface area (Å²) in [5.41, 5.74) is 3.01. The van der Waals surface area contributed by atoms with E-state index in [2.05, 4.69) is 77.5 Å². The summed E-state index contributed by atoms with van der Waals surface area (Å²) in [6.45, 7) is 23.0. The van der Waals surface area contributed by atoms with E-state index in [4.69, 9.17) is 4.74 Å². The van der Waals surface area contributed by atoms with Crippen LogP contribution in [0.25, 0.3) is 0 Å². The zero-order valence-electron chi connectivity index (χ0n) is 39.5. The van der Waals surface area contributed by atoms with Gasteiger partial charge in [0.15, 0.2) is 0 Å². The Hall–Kier alpha value is -2.49. The van der Waals surface area contributed by atoms with Crippen LogP contribution in [0.4, 0.5) is 0 Å². The zero-order valence-corrected chi connectivity index (χ0v) is 40.3. The number of allylic oxidation sites excluding steroid dienone is 5. The molecule has 0 saturated heterocycles. The molecule has 9 heteroatoms. The molecule has 8 rings (SSSR count).